The molecule has 1 unspecified atom stereocenters. The first-order valence-corrected chi connectivity index (χ1v) is 10.9. The summed E-state index contributed by atoms with van der Waals surface area (Å²) < 4.78 is 0. The van der Waals surface area contributed by atoms with Gasteiger partial charge in [0.1, 0.15) is 18.1 Å². The van der Waals surface area contributed by atoms with Gasteiger partial charge in [-0.15, -0.1) is 0 Å². The Morgan fingerprint density at radius 1 is 0.576 bits per heavy atom. The summed E-state index contributed by atoms with van der Waals surface area (Å²) in [5, 5.41) is 33.8. The van der Waals surface area contributed by atoms with Gasteiger partial charge in [-0.1, -0.05) is 0 Å². The fraction of sp³-hybridized carbons (Fsp3) is 0.333. The van der Waals surface area contributed by atoms with E-state index in [1.165, 1.54) is 0 Å². The van der Waals surface area contributed by atoms with Gasteiger partial charge in [0.2, 0.25) is 0 Å². The Kier molecular flexibility index (Phi) is 11.0. The van der Waals surface area contributed by atoms with Crippen molar-refractivity contribution >= 4 is 73.5 Å². The summed E-state index contributed by atoms with van der Waals surface area (Å²) in [6.07, 6.45) is 0. The van der Waals surface area contributed by atoms with E-state index in [4.69, 9.17) is 15.3 Å². The summed E-state index contributed by atoms with van der Waals surface area (Å²) in [5.74, 6) is -7.77. The Labute approximate surface area is 203 Å². The fourth-order valence-electron chi connectivity index (χ4n) is 2.30. The van der Waals surface area contributed by atoms with Crippen LogP contribution in [0.15, 0.2) is 18.2 Å². The quantitative estimate of drug-likeness (QED) is 0.156. The molecular weight excluding hydrogens is 498 g/mol. The molecule has 0 saturated carbocycles. The number of carbonyl (C=O) groups is 6. The van der Waals surface area contributed by atoms with E-state index >= 15 is 0 Å². The van der Waals surface area contributed by atoms with Gasteiger partial charge in [-0.3, -0.25) is 14.4 Å². The van der Waals surface area contributed by atoms with Crippen LogP contribution in [-0.2, 0) is 14.4 Å². The molecule has 1 rings (SSSR count). The maximum Gasteiger partial charge on any atom is 0.327 e. The van der Waals surface area contributed by atoms with Crippen molar-refractivity contribution in [1.82, 2.24) is 16.0 Å². The van der Waals surface area contributed by atoms with Gasteiger partial charge < -0.3 is 31.3 Å². The minimum absolute atomic E-state index is 0.251. The maximum absolute atomic E-state index is 12.6. The number of benzene rings is 1. The number of hydrogen-bond donors (Lipinski definition) is 9. The number of carboxylic acid groups (broad SMARTS) is 3. The zero-order chi connectivity index (χ0) is 25.3. The summed E-state index contributed by atoms with van der Waals surface area (Å²) >= 11 is 11.5. The van der Waals surface area contributed by atoms with Crippen LogP contribution in [0, 0.1) is 0 Å². The molecule has 0 heterocycles. The highest BCUT2D eigenvalue weighted by Crippen LogP contribution is 2.13. The van der Waals surface area contributed by atoms with Crippen LogP contribution in [-0.4, -0.2) is 86.3 Å². The van der Waals surface area contributed by atoms with Gasteiger partial charge in [0.25, 0.3) is 17.7 Å². The molecule has 15 heteroatoms. The highest BCUT2D eigenvalue weighted by molar-refractivity contribution is 7.80. The topological polar surface area (TPSA) is 199 Å². The molecule has 6 N–H and O–H groups in total. The van der Waals surface area contributed by atoms with Crippen LogP contribution in [0.3, 0.4) is 0 Å². The molecule has 3 atom stereocenters. The molecule has 0 radical (unpaired) electrons. The first kappa shape index (κ1) is 28.1. The van der Waals surface area contributed by atoms with Gasteiger partial charge in [0.05, 0.1) is 0 Å². The van der Waals surface area contributed by atoms with Crippen molar-refractivity contribution in [2.45, 2.75) is 18.1 Å². The fourth-order valence-corrected chi connectivity index (χ4v) is 3.04. The zero-order valence-electron chi connectivity index (χ0n) is 16.7. The second-order valence-corrected chi connectivity index (χ2v) is 7.54. The molecule has 0 spiro atoms. The van der Waals surface area contributed by atoms with Crippen molar-refractivity contribution in [2.24, 2.45) is 0 Å². The Bertz CT molecular complexity index is 826. The largest absolute Gasteiger partial charge is 0.480 e. The van der Waals surface area contributed by atoms with Gasteiger partial charge in [0.15, 0.2) is 0 Å². The lowest BCUT2D eigenvalue weighted by Gasteiger charge is -2.16. The van der Waals surface area contributed by atoms with Crippen LogP contribution in [0.1, 0.15) is 31.1 Å². The molecule has 12 nitrogen and oxygen atoms in total. The number of aliphatic carboxylic acids is 3. The Morgan fingerprint density at radius 2 is 0.788 bits per heavy atom. The first-order valence-electron chi connectivity index (χ1n) is 9.03. The standard InChI is InChI=1S/C18H21N3O9S3/c22-13(19-10(4-31)16(25)26)7-1-8(14(23)20-11(5-32)17(27)28)3-9(2-7)15(24)21-12(6-33)18(29)30/h1-3,10-12,31-33H,4-6H2,(H,19,22)(H,20,23)(H,21,24)(H,25,26)(H,27,28)(H,29,30)/t10-,11-,12?/m0/s1. The highest BCUT2D eigenvalue weighted by Gasteiger charge is 2.25. The van der Waals surface area contributed by atoms with Gasteiger partial charge in [0, 0.05) is 33.9 Å². The lowest BCUT2D eigenvalue weighted by atomic mass is 10.0. The van der Waals surface area contributed by atoms with Crippen molar-refractivity contribution in [3.05, 3.63) is 34.9 Å². The number of carboxylic acids is 3. The lowest BCUT2D eigenvalue weighted by Crippen LogP contribution is -2.44. The molecule has 33 heavy (non-hydrogen) atoms. The van der Waals surface area contributed by atoms with E-state index in [0.29, 0.717) is 0 Å². The predicted molar refractivity (Wildman–Crippen MR) is 125 cm³/mol. The molecule has 1 aromatic carbocycles. The van der Waals surface area contributed by atoms with Crippen molar-refractivity contribution < 1.29 is 44.1 Å². The SMILES string of the molecule is O=C(NC(CS)C(=O)O)c1cc(C(=O)N[C@@H](CS)C(=O)O)cc(C(=O)N[C@@H](CS)C(=O)O)c1. The molecule has 1 aromatic rings. The maximum atomic E-state index is 12.6. The van der Waals surface area contributed by atoms with Crippen LogP contribution < -0.4 is 16.0 Å². The number of rotatable bonds is 12. The van der Waals surface area contributed by atoms with Crippen LogP contribution >= 0.6 is 37.9 Å². The summed E-state index contributed by atoms with van der Waals surface area (Å²) in [6, 6.07) is -1.08. The van der Waals surface area contributed by atoms with Crippen LogP contribution in [0.5, 0.6) is 0 Å². The van der Waals surface area contributed by atoms with Crippen molar-refractivity contribution in [2.75, 3.05) is 17.3 Å². The summed E-state index contributed by atoms with van der Waals surface area (Å²) in [5.41, 5.74) is -0.927. The predicted octanol–water partition coefficient (Wildman–Crippen LogP) is -0.975. The second-order valence-electron chi connectivity index (χ2n) is 6.44. The third-order valence-corrected chi connectivity index (χ3v) is 5.17. The summed E-state index contributed by atoms with van der Waals surface area (Å²) in [7, 11) is 0. The average Bonchev–Trinajstić information content (AvgIpc) is 2.77. The molecule has 0 saturated heterocycles. The van der Waals surface area contributed by atoms with E-state index in [9.17, 15) is 28.8 Å². The number of amides is 3. The number of carbonyl (C=O) groups excluding carboxylic acids is 3. The number of hydrogen-bond acceptors (Lipinski definition) is 9. The van der Waals surface area contributed by atoms with E-state index in [-0.39, 0.29) is 33.9 Å². The molecule has 0 bridgehead atoms. The van der Waals surface area contributed by atoms with Gasteiger partial charge in [-0.05, 0) is 18.2 Å². The molecule has 0 aliphatic carbocycles. The minimum Gasteiger partial charge on any atom is -0.480 e. The molecule has 0 aliphatic heterocycles. The number of nitrogens with one attached hydrogen (secondary N) is 3. The molecule has 3 amide bonds. The monoisotopic (exact) mass is 519 g/mol. The smallest absolute Gasteiger partial charge is 0.327 e. The average molecular weight is 520 g/mol. The van der Waals surface area contributed by atoms with Crippen LogP contribution in [0.4, 0.5) is 0 Å². The Morgan fingerprint density at radius 3 is 0.939 bits per heavy atom. The summed E-state index contributed by atoms with van der Waals surface area (Å²) in [4.78, 5) is 71.2. The third-order valence-electron chi connectivity index (χ3n) is 4.08. The van der Waals surface area contributed by atoms with Crippen LogP contribution in [0.2, 0.25) is 0 Å². The van der Waals surface area contributed by atoms with Gasteiger partial charge >= 0.3 is 17.9 Å². The molecule has 180 valence electrons. The molecular formula is C18H21N3O9S3. The van der Waals surface area contributed by atoms with Crippen molar-refractivity contribution in [3.8, 4) is 0 Å². The molecule has 0 aliphatic rings. The minimum atomic E-state index is -1.38. The van der Waals surface area contributed by atoms with Gasteiger partial charge in [-0.25, -0.2) is 14.4 Å². The molecule has 0 fully saturated rings. The normalized spacial score (nSPS) is 13.2. The van der Waals surface area contributed by atoms with E-state index in [1.807, 2.05) is 0 Å². The van der Waals surface area contributed by atoms with Crippen LogP contribution in [0.25, 0.3) is 0 Å². The van der Waals surface area contributed by atoms with Crippen molar-refractivity contribution in [3.63, 3.8) is 0 Å². The zero-order valence-corrected chi connectivity index (χ0v) is 19.4. The van der Waals surface area contributed by atoms with Crippen molar-refractivity contribution in [1.29, 1.82) is 0 Å². The molecule has 0 aromatic heterocycles. The third kappa shape index (κ3) is 8.18. The van der Waals surface area contributed by atoms with E-state index in [2.05, 4.69) is 53.8 Å². The van der Waals surface area contributed by atoms with E-state index < -0.39 is 53.8 Å². The number of thiol groups is 3. The Balaban J connectivity index is 3.40. The highest BCUT2D eigenvalue weighted by atomic mass is 32.1. The first-order chi connectivity index (χ1) is 15.4. The van der Waals surface area contributed by atoms with Gasteiger partial charge in [-0.2, -0.15) is 37.9 Å². The summed E-state index contributed by atoms with van der Waals surface area (Å²) in [6.45, 7) is 0. The van der Waals surface area contributed by atoms with E-state index in [0.717, 1.165) is 18.2 Å². The Hall–Kier alpha value is -2.91. The second kappa shape index (κ2) is 13.0. The lowest BCUT2D eigenvalue weighted by molar-refractivity contribution is -0.139. The van der Waals surface area contributed by atoms with E-state index in [1.54, 1.807) is 0 Å².